The molecule has 0 aliphatic heterocycles. The summed E-state index contributed by atoms with van der Waals surface area (Å²) in [5.41, 5.74) is 0. The molecule has 0 fully saturated rings. The highest BCUT2D eigenvalue weighted by Gasteiger charge is 2.06. The number of guanidine groups is 1. The van der Waals surface area contributed by atoms with Crippen LogP contribution in [0.25, 0.3) is 0 Å². The van der Waals surface area contributed by atoms with Crippen molar-refractivity contribution in [2.75, 3.05) is 39.5 Å². The minimum absolute atomic E-state index is 0.624. The molecule has 6 heteroatoms. The predicted octanol–water partition coefficient (Wildman–Crippen LogP) is 4.86. The highest BCUT2D eigenvalue weighted by atomic mass is 32.2. The van der Waals surface area contributed by atoms with Gasteiger partial charge in [-0.15, -0.1) is 0 Å². The number of hydrogen-bond donors (Lipinski definition) is 2. The number of nitrogens with one attached hydrogen (secondary N) is 2. The maximum absolute atomic E-state index is 11.2. The molecule has 0 spiro atoms. The Morgan fingerprint density at radius 2 is 1.25 bits per heavy atom. The maximum Gasteiger partial charge on any atom is 0.203 e. The van der Waals surface area contributed by atoms with Crippen LogP contribution in [-0.4, -0.2) is 54.6 Å². The standard InChI is InChI=1S/C22H48N4OS/c1-5-7-9-11-13-15-19-26(20-16-14-12-10-8-6-2)21-17-18-24-22(23-3)25-28(4)27/h5-21H2,1-4H3,(H2,23,24,25). The van der Waals surface area contributed by atoms with Crippen molar-refractivity contribution in [3.63, 3.8) is 0 Å². The quantitative estimate of drug-likeness (QED) is 0.180. The first-order valence-electron chi connectivity index (χ1n) is 11.7. The second kappa shape index (κ2) is 21.1. The number of rotatable bonds is 19. The van der Waals surface area contributed by atoms with Crippen LogP contribution < -0.4 is 10.0 Å². The summed E-state index contributed by atoms with van der Waals surface area (Å²) in [5, 5.41) is 3.26. The summed E-state index contributed by atoms with van der Waals surface area (Å²) in [5.74, 6) is 0.624. The van der Waals surface area contributed by atoms with Crippen molar-refractivity contribution >= 4 is 16.9 Å². The molecule has 0 saturated carbocycles. The van der Waals surface area contributed by atoms with Gasteiger partial charge in [0.1, 0.15) is 11.0 Å². The molecule has 1 atom stereocenters. The molecule has 5 nitrogen and oxygen atoms in total. The lowest BCUT2D eigenvalue weighted by atomic mass is 10.1. The van der Waals surface area contributed by atoms with Crippen LogP contribution in [0.4, 0.5) is 0 Å². The molecule has 0 saturated heterocycles. The SMILES string of the molecule is CCCCCCCCN(CCCCCCCC)CCCNC(=NC)NS(C)=O. The third-order valence-electron chi connectivity index (χ3n) is 5.06. The molecule has 168 valence electrons. The van der Waals surface area contributed by atoms with Gasteiger partial charge in [-0.25, -0.2) is 4.21 Å². The summed E-state index contributed by atoms with van der Waals surface area (Å²) < 4.78 is 14.1. The fraction of sp³-hybridized carbons (Fsp3) is 0.955. The van der Waals surface area contributed by atoms with Crippen LogP contribution >= 0.6 is 0 Å². The van der Waals surface area contributed by atoms with Gasteiger partial charge >= 0.3 is 0 Å². The molecular formula is C22H48N4OS. The smallest absolute Gasteiger partial charge is 0.203 e. The van der Waals surface area contributed by atoms with E-state index in [1.165, 1.54) is 90.1 Å². The van der Waals surface area contributed by atoms with Crippen LogP contribution in [0.2, 0.25) is 0 Å². The van der Waals surface area contributed by atoms with E-state index in [0.717, 1.165) is 19.5 Å². The topological polar surface area (TPSA) is 56.7 Å². The summed E-state index contributed by atoms with van der Waals surface area (Å²) >= 11 is 0. The van der Waals surface area contributed by atoms with Gasteiger partial charge in [-0.05, 0) is 38.9 Å². The maximum atomic E-state index is 11.2. The van der Waals surface area contributed by atoms with E-state index in [0.29, 0.717) is 5.96 Å². The van der Waals surface area contributed by atoms with Crippen molar-refractivity contribution in [3.8, 4) is 0 Å². The van der Waals surface area contributed by atoms with E-state index in [1.807, 2.05) is 0 Å². The minimum atomic E-state index is -1.08. The van der Waals surface area contributed by atoms with Crippen LogP contribution in [0.3, 0.4) is 0 Å². The monoisotopic (exact) mass is 416 g/mol. The number of nitrogens with zero attached hydrogens (tertiary/aromatic N) is 2. The molecule has 0 bridgehead atoms. The Bertz CT molecular complexity index is 375. The number of aliphatic imine (C=N–C) groups is 1. The average molecular weight is 417 g/mol. The summed E-state index contributed by atoms with van der Waals surface area (Å²) in [4.78, 5) is 6.75. The molecule has 0 aliphatic rings. The van der Waals surface area contributed by atoms with Crippen LogP contribution in [0, 0.1) is 0 Å². The summed E-state index contributed by atoms with van der Waals surface area (Å²) in [6.07, 6.45) is 19.0. The van der Waals surface area contributed by atoms with Crippen molar-refractivity contribution in [2.24, 2.45) is 4.99 Å². The van der Waals surface area contributed by atoms with Crippen LogP contribution in [0.15, 0.2) is 4.99 Å². The summed E-state index contributed by atoms with van der Waals surface area (Å²) in [7, 11) is 0.634. The predicted molar refractivity (Wildman–Crippen MR) is 126 cm³/mol. The molecular weight excluding hydrogens is 368 g/mol. The van der Waals surface area contributed by atoms with Crippen LogP contribution in [0.5, 0.6) is 0 Å². The largest absolute Gasteiger partial charge is 0.356 e. The Hall–Kier alpha value is -0.620. The first-order chi connectivity index (χ1) is 13.6. The molecule has 28 heavy (non-hydrogen) atoms. The van der Waals surface area contributed by atoms with E-state index in [2.05, 4.69) is 33.8 Å². The Kier molecular flexibility index (Phi) is 20.6. The molecule has 0 radical (unpaired) electrons. The third kappa shape index (κ3) is 18.7. The van der Waals surface area contributed by atoms with Gasteiger partial charge in [-0.2, -0.15) is 0 Å². The zero-order chi connectivity index (χ0) is 20.9. The van der Waals surface area contributed by atoms with Gasteiger partial charge in [-0.1, -0.05) is 78.1 Å². The fourth-order valence-electron chi connectivity index (χ4n) is 3.37. The molecule has 0 aromatic heterocycles. The van der Waals surface area contributed by atoms with Gasteiger partial charge in [0.05, 0.1) is 0 Å². The zero-order valence-electron chi connectivity index (χ0n) is 19.2. The molecule has 0 aliphatic carbocycles. The van der Waals surface area contributed by atoms with Gasteiger partial charge in [-0.3, -0.25) is 9.71 Å². The Morgan fingerprint density at radius 3 is 1.71 bits per heavy atom. The summed E-state index contributed by atoms with van der Waals surface area (Å²) in [6, 6.07) is 0. The Morgan fingerprint density at radius 1 is 0.786 bits per heavy atom. The lowest BCUT2D eigenvalue weighted by Crippen LogP contribution is -2.39. The second-order valence-corrected chi connectivity index (χ2v) is 8.90. The van der Waals surface area contributed by atoms with Gasteiger partial charge in [0, 0.05) is 19.8 Å². The van der Waals surface area contributed by atoms with Gasteiger partial charge < -0.3 is 10.2 Å². The van der Waals surface area contributed by atoms with E-state index in [-0.39, 0.29) is 0 Å². The lowest BCUT2D eigenvalue weighted by molar-refractivity contribution is 0.257. The van der Waals surface area contributed by atoms with Crippen LogP contribution in [0.1, 0.15) is 97.3 Å². The lowest BCUT2D eigenvalue weighted by Gasteiger charge is -2.22. The average Bonchev–Trinajstić information content (AvgIpc) is 2.68. The van der Waals surface area contributed by atoms with Crippen LogP contribution in [-0.2, 0) is 11.0 Å². The first-order valence-corrected chi connectivity index (χ1v) is 13.2. The van der Waals surface area contributed by atoms with E-state index in [9.17, 15) is 4.21 Å². The molecule has 0 aromatic carbocycles. The van der Waals surface area contributed by atoms with Gasteiger partial charge in [0.25, 0.3) is 0 Å². The molecule has 2 N–H and O–H groups in total. The second-order valence-electron chi connectivity index (χ2n) is 7.79. The van der Waals surface area contributed by atoms with Crippen molar-refractivity contribution < 1.29 is 4.21 Å². The zero-order valence-corrected chi connectivity index (χ0v) is 20.0. The number of unbranched alkanes of at least 4 members (excludes halogenated alkanes) is 10. The van der Waals surface area contributed by atoms with E-state index in [4.69, 9.17) is 0 Å². The molecule has 0 rings (SSSR count). The van der Waals surface area contributed by atoms with E-state index in [1.54, 1.807) is 13.3 Å². The minimum Gasteiger partial charge on any atom is -0.356 e. The van der Waals surface area contributed by atoms with Crippen molar-refractivity contribution in [1.82, 2.24) is 14.9 Å². The highest BCUT2D eigenvalue weighted by molar-refractivity contribution is 7.82. The Balaban J connectivity index is 4.07. The van der Waals surface area contributed by atoms with Crippen molar-refractivity contribution in [2.45, 2.75) is 97.3 Å². The molecule has 1 unspecified atom stereocenters. The van der Waals surface area contributed by atoms with E-state index >= 15 is 0 Å². The fourth-order valence-corrected chi connectivity index (χ4v) is 3.81. The van der Waals surface area contributed by atoms with E-state index < -0.39 is 11.0 Å². The molecule has 0 heterocycles. The molecule has 0 amide bonds. The summed E-state index contributed by atoms with van der Waals surface area (Å²) in [6.45, 7) is 9.00. The van der Waals surface area contributed by atoms with Gasteiger partial charge in [0.15, 0.2) is 0 Å². The highest BCUT2D eigenvalue weighted by Crippen LogP contribution is 2.09. The van der Waals surface area contributed by atoms with Gasteiger partial charge in [0.2, 0.25) is 5.96 Å². The first kappa shape index (κ1) is 27.4. The van der Waals surface area contributed by atoms with Crippen molar-refractivity contribution in [3.05, 3.63) is 0 Å². The Labute approximate surface area is 178 Å². The van der Waals surface area contributed by atoms with Crippen molar-refractivity contribution in [1.29, 1.82) is 0 Å². The molecule has 0 aromatic rings. The number of hydrogen-bond acceptors (Lipinski definition) is 3. The normalized spacial score (nSPS) is 13.1. The third-order valence-corrected chi connectivity index (χ3v) is 5.54.